The molecule has 3 aromatic carbocycles. The van der Waals surface area contributed by atoms with E-state index in [0.29, 0.717) is 22.4 Å². The number of nitro benzene ring substituents is 1. The standard InChI is InChI=1S/C21H17N3O5S/c1-29-19-10-6-17(7-11-19)21(16-4-2-15(14-22)3-5-16)23-30(27,28)20-12-8-18(9-13-20)24(25)26/h2-13,21,23H,1H3. The molecule has 0 amide bonds. The Kier molecular flexibility index (Phi) is 6.11. The number of sulfonamides is 1. The summed E-state index contributed by atoms with van der Waals surface area (Å²) in [5, 5.41) is 19.8. The fourth-order valence-electron chi connectivity index (χ4n) is 2.85. The molecule has 0 bridgehead atoms. The minimum absolute atomic E-state index is 0.0970. The topological polar surface area (TPSA) is 122 Å². The van der Waals surface area contributed by atoms with Gasteiger partial charge in [-0.15, -0.1) is 0 Å². The van der Waals surface area contributed by atoms with E-state index in [1.165, 1.54) is 19.2 Å². The number of hydrogen-bond donors (Lipinski definition) is 1. The van der Waals surface area contributed by atoms with E-state index in [9.17, 15) is 18.5 Å². The molecule has 0 fully saturated rings. The maximum absolute atomic E-state index is 13.0. The van der Waals surface area contributed by atoms with Crippen molar-refractivity contribution in [2.24, 2.45) is 0 Å². The van der Waals surface area contributed by atoms with Crippen LogP contribution >= 0.6 is 0 Å². The molecule has 3 rings (SSSR count). The molecule has 0 aliphatic heterocycles. The Hall–Kier alpha value is -3.74. The highest BCUT2D eigenvalue weighted by Gasteiger charge is 2.24. The van der Waals surface area contributed by atoms with E-state index in [1.807, 2.05) is 6.07 Å². The summed E-state index contributed by atoms with van der Waals surface area (Å²) in [6, 6.07) is 19.4. The summed E-state index contributed by atoms with van der Waals surface area (Å²) >= 11 is 0. The van der Waals surface area contributed by atoms with E-state index in [1.54, 1.807) is 48.5 Å². The van der Waals surface area contributed by atoms with Crippen LogP contribution < -0.4 is 9.46 Å². The second-order valence-electron chi connectivity index (χ2n) is 6.31. The largest absolute Gasteiger partial charge is 0.497 e. The molecule has 9 heteroatoms. The zero-order chi connectivity index (χ0) is 21.7. The smallest absolute Gasteiger partial charge is 0.269 e. The Labute approximate surface area is 173 Å². The fourth-order valence-corrected chi connectivity index (χ4v) is 4.06. The van der Waals surface area contributed by atoms with Gasteiger partial charge in [0.25, 0.3) is 5.69 Å². The number of nitriles is 1. The fraction of sp³-hybridized carbons (Fsp3) is 0.0952. The Morgan fingerprint density at radius 3 is 1.97 bits per heavy atom. The summed E-state index contributed by atoms with van der Waals surface area (Å²) in [5.74, 6) is 0.621. The quantitative estimate of drug-likeness (QED) is 0.458. The molecule has 0 aliphatic carbocycles. The summed E-state index contributed by atoms with van der Waals surface area (Å²) in [5.41, 5.74) is 1.54. The normalized spacial score (nSPS) is 12.0. The van der Waals surface area contributed by atoms with Crippen LogP contribution in [0.15, 0.2) is 77.7 Å². The van der Waals surface area contributed by atoms with Crippen LogP contribution in [-0.4, -0.2) is 20.5 Å². The number of nitrogens with one attached hydrogen (secondary N) is 1. The lowest BCUT2D eigenvalue weighted by Gasteiger charge is -2.20. The van der Waals surface area contributed by atoms with Gasteiger partial charge >= 0.3 is 0 Å². The number of rotatable bonds is 7. The predicted molar refractivity (Wildman–Crippen MR) is 109 cm³/mol. The van der Waals surface area contributed by atoms with Crippen molar-refractivity contribution >= 4 is 15.7 Å². The predicted octanol–water partition coefficient (Wildman–Crippen LogP) is 3.54. The van der Waals surface area contributed by atoms with Crippen molar-refractivity contribution in [3.63, 3.8) is 0 Å². The van der Waals surface area contributed by atoms with Crippen molar-refractivity contribution in [3.05, 3.63) is 99.6 Å². The van der Waals surface area contributed by atoms with Crippen LogP contribution in [0.1, 0.15) is 22.7 Å². The zero-order valence-electron chi connectivity index (χ0n) is 15.8. The van der Waals surface area contributed by atoms with Crippen molar-refractivity contribution < 1.29 is 18.1 Å². The number of non-ortho nitro benzene ring substituents is 1. The summed E-state index contributed by atoms with van der Waals surface area (Å²) in [6.45, 7) is 0. The number of nitrogens with zero attached hydrogens (tertiary/aromatic N) is 2. The minimum Gasteiger partial charge on any atom is -0.497 e. The first kappa shape index (κ1) is 21.0. The highest BCUT2D eigenvalue weighted by molar-refractivity contribution is 7.89. The number of hydrogen-bond acceptors (Lipinski definition) is 6. The van der Waals surface area contributed by atoms with Crippen molar-refractivity contribution in [1.29, 1.82) is 5.26 Å². The molecular formula is C21H17N3O5S. The minimum atomic E-state index is -4.00. The molecule has 0 radical (unpaired) electrons. The average molecular weight is 423 g/mol. The molecule has 0 saturated heterocycles. The lowest BCUT2D eigenvalue weighted by molar-refractivity contribution is -0.384. The molecule has 1 unspecified atom stereocenters. The first-order chi connectivity index (χ1) is 14.3. The summed E-state index contributed by atoms with van der Waals surface area (Å²) in [6.07, 6.45) is 0. The van der Waals surface area contributed by atoms with Gasteiger partial charge in [0.2, 0.25) is 10.0 Å². The van der Waals surface area contributed by atoms with E-state index >= 15 is 0 Å². The van der Waals surface area contributed by atoms with Gasteiger partial charge in [-0.25, -0.2) is 8.42 Å². The third-order valence-corrected chi connectivity index (χ3v) is 5.89. The monoisotopic (exact) mass is 423 g/mol. The van der Waals surface area contributed by atoms with E-state index in [-0.39, 0.29) is 10.6 Å². The lowest BCUT2D eigenvalue weighted by atomic mass is 9.98. The number of nitro groups is 1. The van der Waals surface area contributed by atoms with Gasteiger partial charge in [0.15, 0.2) is 0 Å². The molecule has 1 N–H and O–H groups in total. The van der Waals surface area contributed by atoms with Gasteiger partial charge in [0.1, 0.15) is 5.75 Å². The van der Waals surface area contributed by atoms with Crippen molar-refractivity contribution in [3.8, 4) is 11.8 Å². The third-order valence-electron chi connectivity index (χ3n) is 4.45. The van der Waals surface area contributed by atoms with Crippen LogP contribution in [0.5, 0.6) is 5.75 Å². The zero-order valence-corrected chi connectivity index (χ0v) is 16.7. The molecule has 30 heavy (non-hydrogen) atoms. The van der Waals surface area contributed by atoms with E-state index in [0.717, 1.165) is 12.1 Å². The van der Waals surface area contributed by atoms with Crippen LogP contribution in [0, 0.1) is 21.4 Å². The van der Waals surface area contributed by atoms with Crippen molar-refractivity contribution in [2.45, 2.75) is 10.9 Å². The second-order valence-corrected chi connectivity index (χ2v) is 8.03. The Balaban J connectivity index is 2.00. The number of ether oxygens (including phenoxy) is 1. The van der Waals surface area contributed by atoms with E-state index < -0.39 is 21.0 Å². The van der Waals surface area contributed by atoms with Gasteiger partial charge < -0.3 is 4.74 Å². The Morgan fingerprint density at radius 1 is 0.967 bits per heavy atom. The van der Waals surface area contributed by atoms with Gasteiger partial charge in [0, 0.05) is 12.1 Å². The maximum atomic E-state index is 13.0. The van der Waals surface area contributed by atoms with Gasteiger partial charge in [-0.2, -0.15) is 9.98 Å². The highest BCUT2D eigenvalue weighted by Crippen LogP contribution is 2.27. The molecule has 3 aromatic rings. The Bertz CT molecular complexity index is 1180. The molecule has 0 aliphatic rings. The van der Waals surface area contributed by atoms with Crippen LogP contribution in [0.2, 0.25) is 0 Å². The molecule has 8 nitrogen and oxygen atoms in total. The SMILES string of the molecule is COc1ccc(C(NS(=O)(=O)c2ccc([N+](=O)[O-])cc2)c2ccc(C#N)cc2)cc1. The second kappa shape index (κ2) is 8.73. The van der Waals surface area contributed by atoms with Crippen LogP contribution in [-0.2, 0) is 10.0 Å². The first-order valence-corrected chi connectivity index (χ1v) is 10.2. The van der Waals surface area contributed by atoms with Gasteiger partial charge in [-0.3, -0.25) is 10.1 Å². The lowest BCUT2D eigenvalue weighted by Crippen LogP contribution is -2.29. The molecule has 0 spiro atoms. The Morgan fingerprint density at radius 2 is 1.50 bits per heavy atom. The van der Waals surface area contributed by atoms with Crippen LogP contribution in [0.3, 0.4) is 0 Å². The third kappa shape index (κ3) is 4.63. The van der Waals surface area contributed by atoms with E-state index in [4.69, 9.17) is 10.00 Å². The van der Waals surface area contributed by atoms with Crippen LogP contribution in [0.25, 0.3) is 0 Å². The first-order valence-electron chi connectivity index (χ1n) is 8.75. The number of methoxy groups -OCH3 is 1. The summed E-state index contributed by atoms with van der Waals surface area (Å²) in [4.78, 5) is 10.1. The maximum Gasteiger partial charge on any atom is 0.269 e. The van der Waals surface area contributed by atoms with Gasteiger partial charge in [-0.05, 0) is 47.5 Å². The van der Waals surface area contributed by atoms with Crippen molar-refractivity contribution in [1.82, 2.24) is 4.72 Å². The molecule has 1 atom stereocenters. The highest BCUT2D eigenvalue weighted by atomic mass is 32.2. The van der Waals surface area contributed by atoms with Crippen molar-refractivity contribution in [2.75, 3.05) is 7.11 Å². The average Bonchev–Trinajstić information content (AvgIpc) is 2.78. The van der Waals surface area contributed by atoms with Gasteiger partial charge in [-0.1, -0.05) is 24.3 Å². The summed E-state index contributed by atoms with van der Waals surface area (Å²) < 4.78 is 33.7. The molecule has 0 saturated carbocycles. The van der Waals surface area contributed by atoms with E-state index in [2.05, 4.69) is 4.72 Å². The molecular weight excluding hydrogens is 406 g/mol. The molecule has 152 valence electrons. The molecule has 0 aromatic heterocycles. The summed E-state index contributed by atoms with van der Waals surface area (Å²) in [7, 11) is -2.47. The number of benzene rings is 3. The van der Waals surface area contributed by atoms with Gasteiger partial charge in [0.05, 0.1) is 34.6 Å². The molecule has 0 heterocycles. The van der Waals surface area contributed by atoms with Crippen LogP contribution in [0.4, 0.5) is 5.69 Å².